The highest BCUT2D eigenvalue weighted by Gasteiger charge is 2.26. The molecule has 0 unspecified atom stereocenters. The molecule has 0 aliphatic carbocycles. The highest BCUT2D eigenvalue weighted by Crippen LogP contribution is 2.18. The Labute approximate surface area is 190 Å². The van der Waals surface area contributed by atoms with Gasteiger partial charge in [-0.05, 0) is 56.2 Å². The van der Waals surface area contributed by atoms with Crippen molar-refractivity contribution < 1.29 is 9.59 Å². The summed E-state index contributed by atoms with van der Waals surface area (Å²) < 4.78 is 0.975. The van der Waals surface area contributed by atoms with Gasteiger partial charge in [0.15, 0.2) is 0 Å². The SMILES string of the molecule is CC(C)NC(=O)[C@@H](C)N(Cc1ccc(Br)cc1)C(=O)CSCc1ccc(Cl)cc1. The fraction of sp³-hybridized carbons (Fsp3) is 0.364. The molecular weight excluding hydrogens is 472 g/mol. The van der Waals surface area contributed by atoms with Crippen LogP contribution in [0.5, 0.6) is 0 Å². The van der Waals surface area contributed by atoms with E-state index >= 15 is 0 Å². The zero-order chi connectivity index (χ0) is 21.4. The second-order valence-electron chi connectivity index (χ2n) is 7.11. The summed E-state index contributed by atoms with van der Waals surface area (Å²) in [6.45, 7) is 5.99. The molecule has 2 amide bonds. The van der Waals surface area contributed by atoms with Crippen LogP contribution >= 0.6 is 39.3 Å². The molecule has 0 bridgehead atoms. The summed E-state index contributed by atoms with van der Waals surface area (Å²) in [5.74, 6) is 0.812. The van der Waals surface area contributed by atoms with Crippen molar-refractivity contribution in [2.75, 3.05) is 5.75 Å². The minimum absolute atomic E-state index is 0.0221. The van der Waals surface area contributed by atoms with Crippen LogP contribution in [0.3, 0.4) is 0 Å². The van der Waals surface area contributed by atoms with Crippen LogP contribution in [-0.4, -0.2) is 34.6 Å². The molecule has 0 aliphatic heterocycles. The standard InChI is InChI=1S/C22H26BrClN2O2S/c1-15(2)25-22(28)16(3)26(12-17-4-8-19(23)9-5-17)21(27)14-29-13-18-6-10-20(24)11-7-18/h4-11,15-16H,12-14H2,1-3H3,(H,25,28)/t16-/m1/s1. The van der Waals surface area contributed by atoms with E-state index in [2.05, 4.69) is 21.2 Å². The summed E-state index contributed by atoms with van der Waals surface area (Å²) in [5, 5.41) is 3.60. The normalized spacial score (nSPS) is 11.9. The maximum absolute atomic E-state index is 13.0. The number of hydrogen-bond acceptors (Lipinski definition) is 3. The van der Waals surface area contributed by atoms with E-state index in [4.69, 9.17) is 11.6 Å². The maximum Gasteiger partial charge on any atom is 0.242 e. The number of rotatable bonds is 9. The number of halogens is 2. The van der Waals surface area contributed by atoms with Gasteiger partial charge >= 0.3 is 0 Å². The van der Waals surface area contributed by atoms with Crippen molar-refractivity contribution in [1.29, 1.82) is 0 Å². The van der Waals surface area contributed by atoms with E-state index in [1.807, 2.05) is 62.4 Å². The Morgan fingerprint density at radius 2 is 1.62 bits per heavy atom. The minimum atomic E-state index is -0.551. The predicted octanol–water partition coefficient (Wildman–Crippen LogP) is 5.28. The third kappa shape index (κ3) is 8.03. The summed E-state index contributed by atoms with van der Waals surface area (Å²) in [5.41, 5.74) is 2.09. The number of nitrogens with zero attached hydrogens (tertiary/aromatic N) is 1. The van der Waals surface area contributed by atoms with E-state index in [9.17, 15) is 9.59 Å². The summed E-state index contributed by atoms with van der Waals surface area (Å²) >= 11 is 10.9. The summed E-state index contributed by atoms with van der Waals surface area (Å²) in [7, 11) is 0. The van der Waals surface area contributed by atoms with Crippen LogP contribution in [0, 0.1) is 0 Å². The molecule has 0 saturated carbocycles. The van der Waals surface area contributed by atoms with Gasteiger partial charge in [0.2, 0.25) is 11.8 Å². The molecule has 1 N–H and O–H groups in total. The topological polar surface area (TPSA) is 49.4 Å². The number of carbonyl (C=O) groups excluding carboxylic acids is 2. The van der Waals surface area contributed by atoms with Gasteiger partial charge in [-0.1, -0.05) is 51.8 Å². The molecule has 0 fully saturated rings. The molecule has 156 valence electrons. The Kier molecular flexibility index (Phi) is 9.53. The Morgan fingerprint density at radius 3 is 2.21 bits per heavy atom. The van der Waals surface area contributed by atoms with E-state index < -0.39 is 6.04 Å². The molecule has 7 heteroatoms. The van der Waals surface area contributed by atoms with Gasteiger partial charge in [-0.3, -0.25) is 9.59 Å². The lowest BCUT2D eigenvalue weighted by Gasteiger charge is -2.29. The molecule has 0 aliphatic rings. The Hall–Kier alpha value is -1.50. The molecule has 2 aromatic rings. The average Bonchev–Trinajstić information content (AvgIpc) is 2.68. The molecule has 0 saturated heterocycles. The van der Waals surface area contributed by atoms with Crippen LogP contribution in [0.15, 0.2) is 53.0 Å². The van der Waals surface area contributed by atoms with Crippen molar-refractivity contribution in [3.63, 3.8) is 0 Å². The Bertz CT molecular complexity index is 813. The van der Waals surface area contributed by atoms with E-state index in [1.54, 1.807) is 11.8 Å². The fourth-order valence-corrected chi connectivity index (χ4v) is 3.95. The third-order valence-electron chi connectivity index (χ3n) is 4.27. The van der Waals surface area contributed by atoms with Crippen molar-refractivity contribution in [2.45, 2.75) is 45.2 Å². The smallest absolute Gasteiger partial charge is 0.242 e. The molecule has 0 aromatic heterocycles. The second-order valence-corrected chi connectivity index (χ2v) is 9.44. The number of carbonyl (C=O) groups is 2. The highest BCUT2D eigenvalue weighted by atomic mass is 79.9. The second kappa shape index (κ2) is 11.6. The number of hydrogen-bond donors (Lipinski definition) is 1. The van der Waals surface area contributed by atoms with Crippen molar-refractivity contribution in [3.8, 4) is 0 Å². The van der Waals surface area contributed by atoms with Gasteiger partial charge < -0.3 is 10.2 Å². The first-order chi connectivity index (χ1) is 13.8. The lowest BCUT2D eigenvalue weighted by Crippen LogP contribution is -2.49. The molecule has 29 heavy (non-hydrogen) atoms. The van der Waals surface area contributed by atoms with Gasteiger partial charge in [0, 0.05) is 27.8 Å². The van der Waals surface area contributed by atoms with Crippen LogP contribution in [0.4, 0.5) is 0 Å². The first-order valence-electron chi connectivity index (χ1n) is 9.42. The molecule has 2 aromatic carbocycles. The first kappa shape index (κ1) is 23.8. The largest absolute Gasteiger partial charge is 0.352 e. The number of benzene rings is 2. The monoisotopic (exact) mass is 496 g/mol. The lowest BCUT2D eigenvalue weighted by molar-refractivity contribution is -0.138. The Morgan fingerprint density at radius 1 is 1.03 bits per heavy atom. The van der Waals surface area contributed by atoms with Crippen molar-refractivity contribution in [2.24, 2.45) is 0 Å². The van der Waals surface area contributed by atoms with Crippen LogP contribution in [0.2, 0.25) is 5.02 Å². The zero-order valence-electron chi connectivity index (χ0n) is 16.8. The van der Waals surface area contributed by atoms with Crippen molar-refractivity contribution in [1.82, 2.24) is 10.2 Å². The van der Waals surface area contributed by atoms with E-state index in [1.165, 1.54) is 11.8 Å². The van der Waals surface area contributed by atoms with Gasteiger partial charge in [-0.15, -0.1) is 11.8 Å². The quantitative estimate of drug-likeness (QED) is 0.513. The van der Waals surface area contributed by atoms with E-state index in [-0.39, 0.29) is 17.9 Å². The van der Waals surface area contributed by atoms with Gasteiger partial charge in [-0.2, -0.15) is 0 Å². The van der Waals surface area contributed by atoms with Crippen LogP contribution in [-0.2, 0) is 21.9 Å². The number of nitrogens with one attached hydrogen (secondary N) is 1. The molecule has 2 rings (SSSR count). The molecule has 0 heterocycles. The van der Waals surface area contributed by atoms with Crippen molar-refractivity contribution >= 4 is 51.1 Å². The molecule has 4 nitrogen and oxygen atoms in total. The van der Waals surface area contributed by atoms with Gasteiger partial charge in [0.1, 0.15) is 6.04 Å². The summed E-state index contributed by atoms with van der Waals surface area (Å²) in [6.07, 6.45) is 0. The molecular formula is C22H26BrClN2O2S. The van der Waals surface area contributed by atoms with Gasteiger partial charge in [0.25, 0.3) is 0 Å². The highest BCUT2D eigenvalue weighted by molar-refractivity contribution is 9.10. The fourth-order valence-electron chi connectivity index (χ4n) is 2.69. The summed E-state index contributed by atoms with van der Waals surface area (Å²) in [6, 6.07) is 14.9. The first-order valence-corrected chi connectivity index (χ1v) is 11.8. The zero-order valence-corrected chi connectivity index (χ0v) is 20.0. The average molecular weight is 498 g/mol. The third-order valence-corrected chi connectivity index (χ3v) is 6.04. The number of thioether (sulfide) groups is 1. The van der Waals surface area contributed by atoms with Gasteiger partial charge in [-0.25, -0.2) is 0 Å². The van der Waals surface area contributed by atoms with Gasteiger partial charge in [0.05, 0.1) is 5.75 Å². The van der Waals surface area contributed by atoms with E-state index in [0.717, 1.165) is 15.6 Å². The Balaban J connectivity index is 2.05. The maximum atomic E-state index is 13.0. The van der Waals surface area contributed by atoms with Crippen LogP contribution < -0.4 is 5.32 Å². The van der Waals surface area contributed by atoms with E-state index in [0.29, 0.717) is 23.1 Å². The molecule has 0 spiro atoms. The lowest BCUT2D eigenvalue weighted by atomic mass is 10.1. The molecule has 1 atom stereocenters. The minimum Gasteiger partial charge on any atom is -0.352 e. The van der Waals surface area contributed by atoms with Crippen molar-refractivity contribution in [3.05, 3.63) is 69.2 Å². The summed E-state index contributed by atoms with van der Waals surface area (Å²) in [4.78, 5) is 27.2. The van der Waals surface area contributed by atoms with Crippen LogP contribution in [0.25, 0.3) is 0 Å². The molecule has 0 radical (unpaired) electrons. The predicted molar refractivity (Wildman–Crippen MR) is 125 cm³/mol. The number of amides is 2. The van der Waals surface area contributed by atoms with Crippen LogP contribution in [0.1, 0.15) is 31.9 Å².